The molecule has 16 heavy (non-hydrogen) atoms. The Morgan fingerprint density at radius 2 is 2.06 bits per heavy atom. The average molecular weight is 239 g/mol. The minimum absolute atomic E-state index is 0.00570. The van der Waals surface area contributed by atoms with Crippen molar-refractivity contribution < 1.29 is 13.2 Å². The standard InChI is InChI=1S/C11H13NO3S/c1-9(13)6-7-12-8-10-4-2-3-5-11(10)16(12,14)15/h2-5H,6-8H2,1H3. The molecule has 0 radical (unpaired) electrons. The lowest BCUT2D eigenvalue weighted by Gasteiger charge is -2.12. The van der Waals surface area contributed by atoms with Gasteiger partial charge in [-0.1, -0.05) is 18.2 Å². The number of carbonyl (C=O) groups is 1. The summed E-state index contributed by atoms with van der Waals surface area (Å²) in [5.74, 6) is 0.00570. The predicted octanol–water partition coefficient (Wildman–Crippen LogP) is 1.17. The number of nitrogens with zero attached hydrogens (tertiary/aromatic N) is 1. The molecule has 0 saturated carbocycles. The number of hydrogen-bond donors (Lipinski definition) is 0. The molecule has 1 aromatic carbocycles. The van der Waals surface area contributed by atoms with E-state index in [2.05, 4.69) is 0 Å². The van der Waals surface area contributed by atoms with E-state index in [4.69, 9.17) is 0 Å². The van der Waals surface area contributed by atoms with Gasteiger partial charge in [0.25, 0.3) is 0 Å². The molecule has 0 unspecified atom stereocenters. The minimum Gasteiger partial charge on any atom is -0.300 e. The van der Waals surface area contributed by atoms with Gasteiger partial charge in [0.05, 0.1) is 4.90 Å². The van der Waals surface area contributed by atoms with Crippen LogP contribution >= 0.6 is 0 Å². The molecule has 0 fully saturated rings. The SMILES string of the molecule is CC(=O)CCN1Cc2ccccc2S1(=O)=O. The van der Waals surface area contributed by atoms with Gasteiger partial charge in [0, 0.05) is 19.5 Å². The highest BCUT2D eigenvalue weighted by Crippen LogP contribution is 2.29. The molecule has 0 aromatic heterocycles. The van der Waals surface area contributed by atoms with Crippen LogP contribution in [0.1, 0.15) is 18.9 Å². The van der Waals surface area contributed by atoms with E-state index < -0.39 is 10.0 Å². The maximum Gasteiger partial charge on any atom is 0.243 e. The third kappa shape index (κ3) is 1.88. The van der Waals surface area contributed by atoms with Crippen LogP contribution in [0, 0.1) is 0 Å². The first-order valence-electron chi connectivity index (χ1n) is 5.09. The Bertz CT molecular complexity index is 522. The van der Waals surface area contributed by atoms with Crippen LogP contribution < -0.4 is 0 Å². The predicted molar refractivity (Wildman–Crippen MR) is 59.3 cm³/mol. The Hall–Kier alpha value is -1.20. The number of carbonyl (C=O) groups excluding carboxylic acids is 1. The fourth-order valence-electron chi connectivity index (χ4n) is 1.78. The Morgan fingerprint density at radius 3 is 2.69 bits per heavy atom. The van der Waals surface area contributed by atoms with E-state index in [1.165, 1.54) is 11.2 Å². The van der Waals surface area contributed by atoms with Crippen molar-refractivity contribution in [3.63, 3.8) is 0 Å². The first-order valence-corrected chi connectivity index (χ1v) is 6.53. The van der Waals surface area contributed by atoms with E-state index in [1.807, 2.05) is 6.07 Å². The zero-order valence-electron chi connectivity index (χ0n) is 9.01. The van der Waals surface area contributed by atoms with Crippen LogP contribution in [0.25, 0.3) is 0 Å². The maximum atomic E-state index is 12.0. The molecule has 4 nitrogen and oxygen atoms in total. The fourth-order valence-corrected chi connectivity index (χ4v) is 3.41. The quantitative estimate of drug-likeness (QED) is 0.795. The Kier molecular flexibility index (Phi) is 2.82. The molecule has 0 N–H and O–H groups in total. The van der Waals surface area contributed by atoms with Crippen molar-refractivity contribution in [2.75, 3.05) is 6.54 Å². The summed E-state index contributed by atoms with van der Waals surface area (Å²) in [6.07, 6.45) is 0.271. The van der Waals surface area contributed by atoms with Gasteiger partial charge in [-0.25, -0.2) is 8.42 Å². The van der Waals surface area contributed by atoms with Crippen LogP contribution in [0.3, 0.4) is 0 Å². The summed E-state index contributed by atoms with van der Waals surface area (Å²) >= 11 is 0. The first kappa shape index (κ1) is 11.3. The van der Waals surface area contributed by atoms with Gasteiger partial charge in [0.15, 0.2) is 0 Å². The third-order valence-corrected chi connectivity index (χ3v) is 4.60. The summed E-state index contributed by atoms with van der Waals surface area (Å²) in [6, 6.07) is 6.95. The lowest BCUT2D eigenvalue weighted by molar-refractivity contribution is -0.117. The number of Topliss-reactive ketones (excluding diaryl/α,β-unsaturated/α-hetero) is 1. The average Bonchev–Trinajstić information content (AvgIpc) is 2.48. The largest absolute Gasteiger partial charge is 0.300 e. The molecule has 0 saturated heterocycles. The van der Waals surface area contributed by atoms with Crippen molar-refractivity contribution in [2.45, 2.75) is 24.8 Å². The third-order valence-electron chi connectivity index (χ3n) is 2.65. The van der Waals surface area contributed by atoms with E-state index in [9.17, 15) is 13.2 Å². The van der Waals surface area contributed by atoms with Crippen LogP contribution in [0.2, 0.25) is 0 Å². The van der Waals surface area contributed by atoms with E-state index in [1.54, 1.807) is 18.2 Å². The van der Waals surface area contributed by atoms with E-state index in [-0.39, 0.29) is 18.7 Å². The molecule has 0 bridgehead atoms. The summed E-state index contributed by atoms with van der Waals surface area (Å²) < 4.78 is 25.4. The van der Waals surface area contributed by atoms with Crippen molar-refractivity contribution >= 4 is 15.8 Å². The van der Waals surface area contributed by atoms with Gasteiger partial charge in [-0.3, -0.25) is 4.79 Å². The van der Waals surface area contributed by atoms with E-state index in [0.29, 0.717) is 11.4 Å². The van der Waals surface area contributed by atoms with Gasteiger partial charge in [0.2, 0.25) is 10.0 Å². The van der Waals surface area contributed by atoms with Crippen LogP contribution in [-0.2, 0) is 21.4 Å². The highest BCUT2D eigenvalue weighted by atomic mass is 32.2. The molecule has 2 rings (SSSR count). The lowest BCUT2D eigenvalue weighted by Crippen LogP contribution is -2.26. The van der Waals surface area contributed by atoms with Gasteiger partial charge in [-0.2, -0.15) is 4.31 Å². The van der Waals surface area contributed by atoms with Crippen LogP contribution in [0.15, 0.2) is 29.2 Å². The topological polar surface area (TPSA) is 54.5 Å². The van der Waals surface area contributed by atoms with E-state index >= 15 is 0 Å². The molecule has 86 valence electrons. The summed E-state index contributed by atoms with van der Waals surface area (Å²) in [5, 5.41) is 0. The van der Waals surface area contributed by atoms with E-state index in [0.717, 1.165) is 5.56 Å². The molecule has 0 amide bonds. The number of ketones is 1. The second kappa shape index (κ2) is 3.99. The molecule has 1 heterocycles. The maximum absolute atomic E-state index is 12.0. The Labute approximate surface area is 94.9 Å². The Balaban J connectivity index is 2.26. The molecule has 1 aliphatic rings. The molecule has 0 spiro atoms. The molecular formula is C11H13NO3S. The number of benzene rings is 1. The highest BCUT2D eigenvalue weighted by Gasteiger charge is 2.33. The number of rotatable bonds is 3. The zero-order chi connectivity index (χ0) is 11.8. The molecule has 0 aliphatic carbocycles. The second-order valence-electron chi connectivity index (χ2n) is 3.90. The number of fused-ring (bicyclic) bond motifs is 1. The van der Waals surface area contributed by atoms with Crippen molar-refractivity contribution in [1.82, 2.24) is 4.31 Å². The summed E-state index contributed by atoms with van der Waals surface area (Å²) in [5.41, 5.74) is 0.811. The number of sulfonamides is 1. The first-order chi connectivity index (χ1) is 7.51. The molecular weight excluding hydrogens is 226 g/mol. The van der Waals surface area contributed by atoms with Gasteiger partial charge < -0.3 is 0 Å². The monoisotopic (exact) mass is 239 g/mol. The molecule has 1 aliphatic heterocycles. The highest BCUT2D eigenvalue weighted by molar-refractivity contribution is 7.89. The van der Waals surface area contributed by atoms with Crippen molar-refractivity contribution in [3.05, 3.63) is 29.8 Å². The normalized spacial score (nSPS) is 18.3. The zero-order valence-corrected chi connectivity index (χ0v) is 9.83. The number of hydrogen-bond acceptors (Lipinski definition) is 3. The Morgan fingerprint density at radius 1 is 1.38 bits per heavy atom. The second-order valence-corrected chi connectivity index (χ2v) is 5.80. The molecule has 5 heteroatoms. The van der Waals surface area contributed by atoms with Crippen LogP contribution in [0.4, 0.5) is 0 Å². The van der Waals surface area contributed by atoms with Gasteiger partial charge in [0.1, 0.15) is 5.78 Å². The van der Waals surface area contributed by atoms with Gasteiger partial charge >= 0.3 is 0 Å². The summed E-state index contributed by atoms with van der Waals surface area (Å²) in [4.78, 5) is 11.2. The van der Waals surface area contributed by atoms with Crippen molar-refractivity contribution in [2.24, 2.45) is 0 Å². The molecule has 0 atom stereocenters. The smallest absolute Gasteiger partial charge is 0.243 e. The van der Waals surface area contributed by atoms with Gasteiger partial charge in [-0.05, 0) is 18.6 Å². The van der Waals surface area contributed by atoms with Crippen LogP contribution in [0.5, 0.6) is 0 Å². The van der Waals surface area contributed by atoms with Crippen LogP contribution in [-0.4, -0.2) is 25.1 Å². The lowest BCUT2D eigenvalue weighted by atomic mass is 10.2. The minimum atomic E-state index is -3.36. The van der Waals surface area contributed by atoms with Crippen molar-refractivity contribution in [3.8, 4) is 0 Å². The van der Waals surface area contributed by atoms with Gasteiger partial charge in [-0.15, -0.1) is 0 Å². The molecule has 1 aromatic rings. The summed E-state index contributed by atoms with van der Waals surface area (Å²) in [6.45, 7) is 2.12. The fraction of sp³-hybridized carbons (Fsp3) is 0.364. The summed E-state index contributed by atoms with van der Waals surface area (Å²) in [7, 11) is -3.36. The van der Waals surface area contributed by atoms with Crippen molar-refractivity contribution in [1.29, 1.82) is 0 Å².